The average Bonchev–Trinajstić information content (AvgIpc) is 3.09. The van der Waals surface area contributed by atoms with Gasteiger partial charge in [0.05, 0.1) is 12.7 Å². The van der Waals surface area contributed by atoms with Gasteiger partial charge in [-0.3, -0.25) is 9.59 Å². The first kappa shape index (κ1) is 47.8. The standard InChI is InChI=1S/C44H78O6/c1-4-33-41(46)35-30-26-22-18-14-10-8-12-15-19-23-27-31-36-43(47)49-39-42(38-45)50-44(48)37-32-28-24-20-16-11-7-5-6-9-13-17-21-25-29-34-40(2)3/h8,12,14,18-19,23,26,30,40-42,45-46H,4-7,9-11,13,15-17,20-22,24-25,27-29,31-39H2,1-3H3/b12-8-,18-14-,23-19-,30-26-/t41?,42-/m0/s1. The Morgan fingerprint density at radius 2 is 1.04 bits per heavy atom. The molecule has 1 unspecified atom stereocenters. The zero-order valence-corrected chi connectivity index (χ0v) is 32.7. The molecule has 0 aliphatic rings. The van der Waals surface area contributed by atoms with Crippen LogP contribution in [-0.4, -0.2) is 47.6 Å². The summed E-state index contributed by atoms with van der Waals surface area (Å²) in [6, 6.07) is 0. The van der Waals surface area contributed by atoms with E-state index in [-0.39, 0.29) is 31.3 Å². The average molecular weight is 703 g/mol. The molecule has 0 fully saturated rings. The van der Waals surface area contributed by atoms with E-state index in [2.05, 4.69) is 69.4 Å². The van der Waals surface area contributed by atoms with Crippen molar-refractivity contribution in [3.63, 3.8) is 0 Å². The van der Waals surface area contributed by atoms with Crippen molar-refractivity contribution < 1.29 is 29.3 Å². The topological polar surface area (TPSA) is 93.1 Å². The molecule has 0 rings (SSSR count). The largest absolute Gasteiger partial charge is 0.462 e. The van der Waals surface area contributed by atoms with E-state index >= 15 is 0 Å². The van der Waals surface area contributed by atoms with Crippen LogP contribution in [0.5, 0.6) is 0 Å². The highest BCUT2D eigenvalue weighted by atomic mass is 16.6. The second-order valence-electron chi connectivity index (χ2n) is 14.4. The molecule has 0 aromatic heterocycles. The lowest BCUT2D eigenvalue weighted by Gasteiger charge is -2.15. The molecular weight excluding hydrogens is 624 g/mol. The van der Waals surface area contributed by atoms with E-state index in [0.717, 1.165) is 70.1 Å². The van der Waals surface area contributed by atoms with Crippen molar-refractivity contribution in [1.29, 1.82) is 0 Å². The van der Waals surface area contributed by atoms with Crippen LogP contribution in [0.25, 0.3) is 0 Å². The van der Waals surface area contributed by atoms with Gasteiger partial charge >= 0.3 is 11.9 Å². The minimum absolute atomic E-state index is 0.104. The molecule has 0 aliphatic heterocycles. The van der Waals surface area contributed by atoms with Crippen molar-refractivity contribution >= 4 is 11.9 Å². The third-order valence-electron chi connectivity index (χ3n) is 8.86. The lowest BCUT2D eigenvalue weighted by molar-refractivity contribution is -0.161. The maximum absolute atomic E-state index is 12.2. The molecule has 6 heteroatoms. The van der Waals surface area contributed by atoms with Crippen molar-refractivity contribution in [3.8, 4) is 0 Å². The van der Waals surface area contributed by atoms with Gasteiger partial charge in [0.1, 0.15) is 6.61 Å². The Labute approximate surface area is 308 Å². The zero-order chi connectivity index (χ0) is 36.8. The summed E-state index contributed by atoms with van der Waals surface area (Å²) >= 11 is 0. The summed E-state index contributed by atoms with van der Waals surface area (Å²) in [6.07, 6.45) is 43.8. The van der Waals surface area contributed by atoms with Gasteiger partial charge in [-0.15, -0.1) is 0 Å². The normalized spacial score (nSPS) is 13.4. The lowest BCUT2D eigenvalue weighted by Crippen LogP contribution is -2.28. The number of carbonyl (C=O) groups is 2. The Morgan fingerprint density at radius 1 is 0.580 bits per heavy atom. The summed E-state index contributed by atoms with van der Waals surface area (Å²) < 4.78 is 10.6. The van der Waals surface area contributed by atoms with Crippen LogP contribution >= 0.6 is 0 Å². The number of ether oxygens (including phenoxy) is 2. The predicted octanol–water partition coefficient (Wildman–Crippen LogP) is 11.8. The monoisotopic (exact) mass is 703 g/mol. The first-order valence-electron chi connectivity index (χ1n) is 20.6. The first-order valence-corrected chi connectivity index (χ1v) is 20.6. The molecule has 0 bridgehead atoms. The molecule has 0 spiro atoms. The highest BCUT2D eigenvalue weighted by molar-refractivity contribution is 5.70. The van der Waals surface area contributed by atoms with Gasteiger partial charge < -0.3 is 19.7 Å². The second-order valence-corrected chi connectivity index (χ2v) is 14.4. The molecule has 0 saturated carbocycles. The number of hydrogen-bond donors (Lipinski definition) is 2. The number of rotatable bonds is 36. The third kappa shape index (κ3) is 37.1. The quantitative estimate of drug-likeness (QED) is 0.0383. The fraction of sp³-hybridized carbons (Fsp3) is 0.773. The summed E-state index contributed by atoms with van der Waals surface area (Å²) in [7, 11) is 0. The minimum atomic E-state index is -0.802. The highest BCUT2D eigenvalue weighted by Crippen LogP contribution is 2.15. The summed E-state index contributed by atoms with van der Waals surface area (Å²) in [5.41, 5.74) is 0. The van der Waals surface area contributed by atoms with Crippen LogP contribution in [0.4, 0.5) is 0 Å². The zero-order valence-electron chi connectivity index (χ0n) is 32.7. The van der Waals surface area contributed by atoms with E-state index in [1.54, 1.807) is 0 Å². The van der Waals surface area contributed by atoms with Crippen molar-refractivity contribution in [2.24, 2.45) is 5.92 Å². The molecule has 0 amide bonds. The fourth-order valence-electron chi connectivity index (χ4n) is 5.75. The van der Waals surface area contributed by atoms with Crippen LogP contribution in [0, 0.1) is 5.92 Å². The molecule has 0 aromatic rings. The summed E-state index contributed by atoms with van der Waals surface area (Å²) in [5.74, 6) is 0.174. The van der Waals surface area contributed by atoms with Gasteiger partial charge in [-0.1, -0.05) is 172 Å². The lowest BCUT2D eigenvalue weighted by atomic mass is 10.0. The molecule has 0 aliphatic carbocycles. The van der Waals surface area contributed by atoms with Crippen LogP contribution in [0.3, 0.4) is 0 Å². The van der Waals surface area contributed by atoms with E-state index in [1.807, 2.05) is 0 Å². The molecular formula is C44H78O6. The molecule has 0 saturated heterocycles. The molecule has 6 nitrogen and oxygen atoms in total. The number of allylic oxidation sites excluding steroid dienone is 7. The molecule has 2 atom stereocenters. The maximum atomic E-state index is 12.2. The van der Waals surface area contributed by atoms with Gasteiger partial charge in [0.15, 0.2) is 6.10 Å². The predicted molar refractivity (Wildman–Crippen MR) is 211 cm³/mol. The number of esters is 2. The SMILES string of the molecule is CCCC(O)C/C=C\C/C=C\C/C=C\C/C=C\CCCC(=O)OC[C@H](CO)OC(=O)CCCCCCCCCCCCCCCCCC(C)C. The molecule has 0 aromatic carbocycles. The number of unbranched alkanes of at least 4 members (excludes halogenated alkanes) is 15. The Bertz CT molecular complexity index is 874. The number of aliphatic hydroxyl groups is 2. The van der Waals surface area contributed by atoms with Gasteiger partial charge in [-0.05, 0) is 57.3 Å². The summed E-state index contributed by atoms with van der Waals surface area (Å²) in [6.45, 7) is 6.25. The minimum Gasteiger partial charge on any atom is -0.462 e. The Balaban J connectivity index is 3.65. The molecule has 0 radical (unpaired) electrons. The van der Waals surface area contributed by atoms with Gasteiger partial charge in [0.25, 0.3) is 0 Å². The fourth-order valence-corrected chi connectivity index (χ4v) is 5.75. The van der Waals surface area contributed by atoms with E-state index in [0.29, 0.717) is 19.3 Å². The van der Waals surface area contributed by atoms with Crippen molar-refractivity contribution in [2.75, 3.05) is 13.2 Å². The Kier molecular flexibility index (Phi) is 36.4. The molecule has 290 valence electrons. The number of aliphatic hydroxyl groups excluding tert-OH is 2. The van der Waals surface area contributed by atoms with Crippen LogP contribution in [-0.2, 0) is 19.1 Å². The molecule has 2 N–H and O–H groups in total. The Morgan fingerprint density at radius 3 is 1.54 bits per heavy atom. The summed E-state index contributed by atoms with van der Waals surface area (Å²) in [5, 5.41) is 19.3. The molecule has 0 heterocycles. The van der Waals surface area contributed by atoms with E-state index in [9.17, 15) is 19.8 Å². The highest BCUT2D eigenvalue weighted by Gasteiger charge is 2.16. The Hall–Kier alpha value is -2.18. The van der Waals surface area contributed by atoms with Crippen molar-refractivity contribution in [3.05, 3.63) is 48.6 Å². The van der Waals surface area contributed by atoms with E-state index in [4.69, 9.17) is 9.47 Å². The van der Waals surface area contributed by atoms with Crippen LogP contribution < -0.4 is 0 Å². The van der Waals surface area contributed by atoms with Crippen LogP contribution in [0.1, 0.15) is 188 Å². The van der Waals surface area contributed by atoms with E-state index < -0.39 is 6.10 Å². The maximum Gasteiger partial charge on any atom is 0.306 e. The van der Waals surface area contributed by atoms with Crippen LogP contribution in [0.15, 0.2) is 48.6 Å². The van der Waals surface area contributed by atoms with Gasteiger partial charge in [0.2, 0.25) is 0 Å². The van der Waals surface area contributed by atoms with Crippen LogP contribution in [0.2, 0.25) is 0 Å². The van der Waals surface area contributed by atoms with Gasteiger partial charge in [-0.25, -0.2) is 0 Å². The second kappa shape index (κ2) is 38.1. The molecule has 50 heavy (non-hydrogen) atoms. The third-order valence-corrected chi connectivity index (χ3v) is 8.86. The smallest absolute Gasteiger partial charge is 0.306 e. The summed E-state index contributed by atoms with van der Waals surface area (Å²) in [4.78, 5) is 24.3. The van der Waals surface area contributed by atoms with Crippen molar-refractivity contribution in [1.82, 2.24) is 0 Å². The van der Waals surface area contributed by atoms with Gasteiger partial charge in [-0.2, -0.15) is 0 Å². The number of carbonyl (C=O) groups excluding carboxylic acids is 2. The first-order chi connectivity index (χ1) is 24.4. The van der Waals surface area contributed by atoms with Crippen molar-refractivity contribution in [2.45, 2.75) is 200 Å². The number of hydrogen-bond acceptors (Lipinski definition) is 6. The van der Waals surface area contributed by atoms with Gasteiger partial charge in [0, 0.05) is 12.8 Å². The van der Waals surface area contributed by atoms with E-state index in [1.165, 1.54) is 83.5 Å².